The molecule has 1 aromatic carbocycles. The van der Waals surface area contributed by atoms with Crippen molar-refractivity contribution in [2.24, 2.45) is 17.3 Å². The van der Waals surface area contributed by atoms with Crippen molar-refractivity contribution >= 4 is 44.9 Å². The number of ether oxygens (including phenoxy) is 1. The fraction of sp³-hybridized carbons (Fsp3) is 0.480. The molecular weight excluding hydrogens is 564 g/mol. The molecule has 0 saturated heterocycles. The molecule has 2 unspecified atom stereocenters. The SMILES string of the molecule is O=C(CC12CC3CC(C1)CC(n1cc(Br)c([N+](=O)[O-])n1)(C3)C2)Nc1cnn(COc2cccc(Cl)c2)c1. The van der Waals surface area contributed by atoms with Gasteiger partial charge in [-0.3, -0.25) is 4.79 Å². The summed E-state index contributed by atoms with van der Waals surface area (Å²) in [5.41, 5.74) is 0.210. The van der Waals surface area contributed by atoms with Crippen molar-refractivity contribution in [3.63, 3.8) is 0 Å². The van der Waals surface area contributed by atoms with Gasteiger partial charge in [-0.1, -0.05) is 17.7 Å². The Hall–Kier alpha value is -2.92. The second-order valence-corrected chi connectivity index (χ2v) is 12.2. The van der Waals surface area contributed by atoms with Gasteiger partial charge in [0.1, 0.15) is 10.2 Å². The van der Waals surface area contributed by atoms with Gasteiger partial charge >= 0.3 is 5.82 Å². The van der Waals surface area contributed by atoms with E-state index in [0.29, 0.717) is 39.2 Å². The lowest BCUT2D eigenvalue weighted by Gasteiger charge is -2.61. The highest BCUT2D eigenvalue weighted by Crippen LogP contribution is 2.65. The van der Waals surface area contributed by atoms with E-state index >= 15 is 0 Å². The Morgan fingerprint density at radius 2 is 2.05 bits per heavy atom. The topological polar surface area (TPSA) is 117 Å². The van der Waals surface area contributed by atoms with Crippen LogP contribution in [0.3, 0.4) is 0 Å². The molecule has 0 aliphatic heterocycles. The molecule has 1 N–H and O–H groups in total. The van der Waals surface area contributed by atoms with Crippen molar-refractivity contribution in [1.29, 1.82) is 0 Å². The summed E-state index contributed by atoms with van der Waals surface area (Å²) in [5.74, 6) is 1.45. The highest BCUT2D eigenvalue weighted by molar-refractivity contribution is 9.10. The summed E-state index contributed by atoms with van der Waals surface area (Å²) in [6.45, 7) is 0.192. The molecular formula is C25H26BrClN6O4. The van der Waals surface area contributed by atoms with Crippen LogP contribution in [0.4, 0.5) is 11.5 Å². The maximum Gasteiger partial charge on any atom is 0.404 e. The van der Waals surface area contributed by atoms with E-state index in [9.17, 15) is 14.9 Å². The minimum atomic E-state index is -0.454. The number of amides is 1. The summed E-state index contributed by atoms with van der Waals surface area (Å²) < 4.78 is 9.54. The molecule has 4 saturated carbocycles. The number of nitrogens with one attached hydrogen (secondary N) is 1. The van der Waals surface area contributed by atoms with Crippen molar-refractivity contribution in [2.45, 2.75) is 57.2 Å². The number of hydrogen-bond donors (Lipinski definition) is 1. The van der Waals surface area contributed by atoms with Crippen molar-refractivity contribution in [2.75, 3.05) is 5.32 Å². The molecule has 12 heteroatoms. The Kier molecular flexibility index (Phi) is 6.02. The number of aromatic nitrogens is 4. The number of halogens is 2. The quantitative estimate of drug-likeness (QED) is 0.264. The minimum Gasteiger partial charge on any atom is -0.471 e. The van der Waals surface area contributed by atoms with Crippen molar-refractivity contribution in [3.8, 4) is 5.75 Å². The van der Waals surface area contributed by atoms with Crippen molar-refractivity contribution in [3.05, 3.63) is 62.5 Å². The predicted octanol–water partition coefficient (Wildman–Crippen LogP) is 5.76. The summed E-state index contributed by atoms with van der Waals surface area (Å²) in [6, 6.07) is 7.13. The number of benzene rings is 1. The molecule has 4 bridgehead atoms. The predicted molar refractivity (Wildman–Crippen MR) is 139 cm³/mol. The fourth-order valence-electron chi connectivity index (χ4n) is 7.33. The zero-order valence-electron chi connectivity index (χ0n) is 20.0. The van der Waals surface area contributed by atoms with Crippen LogP contribution in [0.25, 0.3) is 0 Å². The first-order valence-electron chi connectivity index (χ1n) is 12.3. The van der Waals surface area contributed by atoms with Gasteiger partial charge in [-0.2, -0.15) is 9.78 Å². The summed E-state index contributed by atoms with van der Waals surface area (Å²) in [5, 5.41) is 23.6. The Morgan fingerprint density at radius 1 is 1.27 bits per heavy atom. The van der Waals surface area contributed by atoms with Crippen LogP contribution in [-0.2, 0) is 17.1 Å². The summed E-state index contributed by atoms with van der Waals surface area (Å²) in [7, 11) is 0. The number of nitro groups is 1. The highest BCUT2D eigenvalue weighted by atomic mass is 79.9. The smallest absolute Gasteiger partial charge is 0.404 e. The molecule has 4 aliphatic carbocycles. The average molecular weight is 590 g/mol. The van der Waals surface area contributed by atoms with Gasteiger partial charge in [0.25, 0.3) is 0 Å². The molecule has 10 nitrogen and oxygen atoms in total. The number of anilines is 1. The fourth-order valence-corrected chi connectivity index (χ4v) is 7.93. The molecule has 4 fully saturated rings. The average Bonchev–Trinajstić information content (AvgIpc) is 3.43. The zero-order chi connectivity index (χ0) is 25.8. The van der Waals surface area contributed by atoms with Gasteiger partial charge in [0, 0.05) is 11.4 Å². The van der Waals surface area contributed by atoms with E-state index in [2.05, 4.69) is 31.4 Å². The highest BCUT2D eigenvalue weighted by Gasteiger charge is 2.60. The molecule has 2 aromatic heterocycles. The lowest BCUT2D eigenvalue weighted by molar-refractivity contribution is -0.390. The molecule has 4 aliphatic rings. The Morgan fingerprint density at radius 3 is 2.76 bits per heavy atom. The standard InChI is InChI=1S/C25H26BrClN6O4/c26-21-13-32(30-23(21)33(35)36)25-8-16-4-17(9-25)7-24(6-16,14-25)10-22(34)29-19-11-28-31(12-19)15-37-20-3-1-2-18(27)5-20/h1-3,5,11-13,16-17H,4,6-10,14-15H2,(H,29,34). The summed E-state index contributed by atoms with van der Waals surface area (Å²) >= 11 is 9.30. The Balaban J connectivity index is 1.13. The molecule has 0 radical (unpaired) electrons. The van der Waals surface area contributed by atoms with Crippen LogP contribution in [0.5, 0.6) is 5.75 Å². The van der Waals surface area contributed by atoms with Crippen LogP contribution in [-0.4, -0.2) is 30.4 Å². The van der Waals surface area contributed by atoms with E-state index in [1.54, 1.807) is 35.4 Å². The van der Waals surface area contributed by atoms with Crippen LogP contribution < -0.4 is 10.1 Å². The molecule has 2 heterocycles. The minimum absolute atomic E-state index is 0.0416. The first kappa shape index (κ1) is 24.4. The number of nitrogens with zero attached hydrogens (tertiary/aromatic N) is 5. The monoisotopic (exact) mass is 588 g/mol. The van der Waals surface area contributed by atoms with Crippen LogP contribution in [0, 0.1) is 27.4 Å². The van der Waals surface area contributed by atoms with Gasteiger partial charge in [0.2, 0.25) is 5.91 Å². The van der Waals surface area contributed by atoms with Gasteiger partial charge in [0.05, 0.1) is 34.9 Å². The van der Waals surface area contributed by atoms with E-state index < -0.39 is 4.92 Å². The van der Waals surface area contributed by atoms with Crippen molar-refractivity contribution < 1.29 is 14.5 Å². The molecule has 37 heavy (non-hydrogen) atoms. The third-order valence-corrected chi connectivity index (χ3v) is 8.87. The molecule has 3 aromatic rings. The first-order chi connectivity index (χ1) is 17.7. The van der Waals surface area contributed by atoms with Gasteiger partial charge in [0.15, 0.2) is 6.73 Å². The molecule has 2 atom stereocenters. The molecule has 194 valence electrons. The van der Waals surface area contributed by atoms with Crippen LogP contribution in [0.2, 0.25) is 5.02 Å². The van der Waals surface area contributed by atoms with Crippen molar-refractivity contribution in [1.82, 2.24) is 19.6 Å². The van der Waals surface area contributed by atoms with E-state index in [1.165, 1.54) is 0 Å². The maximum absolute atomic E-state index is 13.2. The largest absolute Gasteiger partial charge is 0.471 e. The van der Waals surface area contributed by atoms with Gasteiger partial charge in [-0.15, -0.1) is 0 Å². The summed E-state index contributed by atoms with van der Waals surface area (Å²) in [4.78, 5) is 24.1. The van der Waals surface area contributed by atoms with E-state index in [0.717, 1.165) is 38.5 Å². The molecule has 7 rings (SSSR count). The number of carbonyl (C=O) groups excluding carboxylic acids is 1. The number of hydrogen-bond acceptors (Lipinski definition) is 6. The Labute approximate surface area is 226 Å². The van der Waals surface area contributed by atoms with Gasteiger partial charge < -0.3 is 20.2 Å². The number of carbonyl (C=O) groups is 1. The zero-order valence-corrected chi connectivity index (χ0v) is 22.3. The van der Waals surface area contributed by atoms with Crippen LogP contribution in [0.15, 0.2) is 47.3 Å². The lowest BCUT2D eigenvalue weighted by atomic mass is 9.46. The molecule has 1 amide bonds. The first-order valence-corrected chi connectivity index (χ1v) is 13.5. The molecule has 0 spiro atoms. The second-order valence-electron chi connectivity index (χ2n) is 10.9. The van der Waals surface area contributed by atoms with Crippen LogP contribution >= 0.6 is 27.5 Å². The van der Waals surface area contributed by atoms with E-state index in [-0.39, 0.29) is 29.4 Å². The number of rotatable bonds is 8. The van der Waals surface area contributed by atoms with Crippen LogP contribution in [0.1, 0.15) is 44.9 Å². The van der Waals surface area contributed by atoms with E-state index in [1.807, 2.05) is 16.8 Å². The normalized spacial score (nSPS) is 27.8. The van der Waals surface area contributed by atoms with Gasteiger partial charge in [-0.25, -0.2) is 4.68 Å². The third kappa shape index (κ3) is 4.74. The maximum atomic E-state index is 13.2. The van der Waals surface area contributed by atoms with Gasteiger partial charge in [-0.05, 0) is 94.8 Å². The summed E-state index contributed by atoms with van der Waals surface area (Å²) in [6.07, 6.45) is 11.4. The van der Waals surface area contributed by atoms with E-state index in [4.69, 9.17) is 16.3 Å². The second kappa shape index (κ2) is 9.13. The lowest BCUT2D eigenvalue weighted by Crippen LogP contribution is -2.57. The Bertz CT molecular complexity index is 1360. The third-order valence-electron chi connectivity index (χ3n) is 8.07.